The van der Waals surface area contributed by atoms with Crippen molar-refractivity contribution < 1.29 is 9.90 Å². The second kappa shape index (κ2) is 3.36. The fourth-order valence-corrected chi connectivity index (χ4v) is 0.938. The van der Waals surface area contributed by atoms with Gasteiger partial charge in [0.05, 0.1) is 12.6 Å². The molecule has 12 heavy (non-hydrogen) atoms. The van der Waals surface area contributed by atoms with Gasteiger partial charge in [0, 0.05) is 6.20 Å². The molecule has 0 saturated heterocycles. The van der Waals surface area contributed by atoms with Crippen molar-refractivity contribution in [3.8, 4) is 0 Å². The highest BCUT2D eigenvalue weighted by atomic mass is 16.3. The second-order valence-corrected chi connectivity index (χ2v) is 2.61. The Morgan fingerprint density at radius 2 is 2.58 bits per heavy atom. The number of aliphatic hydroxyl groups excluding tert-OH is 1. The number of nitrogens with two attached hydrogens (primary N) is 1. The molecule has 0 bridgehead atoms. The summed E-state index contributed by atoms with van der Waals surface area (Å²) in [6.45, 7) is 1.90. The average Bonchev–Trinajstić information content (AvgIpc) is 2.33. The SMILES string of the molecule is CC(O)Cn1nccc1C(N)=O. The first-order valence-electron chi connectivity index (χ1n) is 3.61. The Kier molecular flexibility index (Phi) is 2.44. The minimum Gasteiger partial charge on any atom is -0.391 e. The molecule has 1 rings (SSSR count). The molecule has 5 heteroatoms. The van der Waals surface area contributed by atoms with Crippen LogP contribution in [-0.4, -0.2) is 26.9 Å². The van der Waals surface area contributed by atoms with Crippen LogP contribution in [0.25, 0.3) is 0 Å². The van der Waals surface area contributed by atoms with E-state index in [9.17, 15) is 4.79 Å². The monoisotopic (exact) mass is 169 g/mol. The molecule has 1 heterocycles. The van der Waals surface area contributed by atoms with E-state index in [1.807, 2.05) is 0 Å². The third-order valence-electron chi connectivity index (χ3n) is 1.41. The molecule has 0 aliphatic rings. The van der Waals surface area contributed by atoms with Gasteiger partial charge in [0.2, 0.25) is 0 Å². The number of hydrogen-bond donors (Lipinski definition) is 2. The molecule has 0 aliphatic carbocycles. The van der Waals surface area contributed by atoms with Crippen molar-refractivity contribution in [2.45, 2.75) is 19.6 Å². The fraction of sp³-hybridized carbons (Fsp3) is 0.429. The quantitative estimate of drug-likeness (QED) is 0.631. The molecule has 0 spiro atoms. The highest BCUT2D eigenvalue weighted by Crippen LogP contribution is 1.98. The van der Waals surface area contributed by atoms with E-state index in [1.165, 1.54) is 16.9 Å². The number of carbonyl (C=O) groups excluding carboxylic acids is 1. The van der Waals surface area contributed by atoms with E-state index in [2.05, 4.69) is 5.10 Å². The molecule has 3 N–H and O–H groups in total. The highest BCUT2D eigenvalue weighted by molar-refractivity contribution is 5.90. The van der Waals surface area contributed by atoms with E-state index < -0.39 is 12.0 Å². The van der Waals surface area contributed by atoms with Gasteiger partial charge in [-0.2, -0.15) is 5.10 Å². The van der Waals surface area contributed by atoms with Gasteiger partial charge >= 0.3 is 0 Å². The zero-order valence-corrected chi connectivity index (χ0v) is 6.77. The summed E-state index contributed by atoms with van der Waals surface area (Å²) in [6, 6.07) is 1.52. The number of hydrogen-bond acceptors (Lipinski definition) is 3. The van der Waals surface area contributed by atoms with Gasteiger partial charge < -0.3 is 10.8 Å². The average molecular weight is 169 g/mol. The molecule has 0 aromatic carbocycles. The van der Waals surface area contributed by atoms with E-state index in [0.717, 1.165) is 0 Å². The molecule has 0 aliphatic heterocycles. The Bertz CT molecular complexity index is 280. The zero-order valence-electron chi connectivity index (χ0n) is 6.77. The summed E-state index contributed by atoms with van der Waals surface area (Å²) in [5.41, 5.74) is 5.37. The van der Waals surface area contributed by atoms with Crippen LogP contribution in [0.4, 0.5) is 0 Å². The van der Waals surface area contributed by atoms with E-state index in [0.29, 0.717) is 5.69 Å². The summed E-state index contributed by atoms with van der Waals surface area (Å²) in [7, 11) is 0. The minimum atomic E-state index is -0.539. The summed E-state index contributed by atoms with van der Waals surface area (Å²) in [4.78, 5) is 10.7. The van der Waals surface area contributed by atoms with Gasteiger partial charge in [0.15, 0.2) is 0 Å². The number of aliphatic hydroxyl groups is 1. The lowest BCUT2D eigenvalue weighted by atomic mass is 10.3. The number of nitrogens with zero attached hydrogens (tertiary/aromatic N) is 2. The van der Waals surface area contributed by atoms with Gasteiger partial charge in [0.1, 0.15) is 5.69 Å². The summed E-state index contributed by atoms with van der Waals surface area (Å²) >= 11 is 0. The van der Waals surface area contributed by atoms with Gasteiger partial charge in [-0.05, 0) is 13.0 Å². The Hall–Kier alpha value is -1.36. The van der Waals surface area contributed by atoms with Crippen molar-refractivity contribution in [2.75, 3.05) is 0 Å². The second-order valence-electron chi connectivity index (χ2n) is 2.61. The maximum atomic E-state index is 10.7. The Balaban J connectivity index is 2.84. The van der Waals surface area contributed by atoms with Crippen LogP contribution in [0.5, 0.6) is 0 Å². The van der Waals surface area contributed by atoms with Crippen molar-refractivity contribution in [3.05, 3.63) is 18.0 Å². The molecular weight excluding hydrogens is 158 g/mol. The summed E-state index contributed by atoms with van der Waals surface area (Å²) in [5.74, 6) is -0.534. The van der Waals surface area contributed by atoms with E-state index in [1.54, 1.807) is 6.92 Å². The van der Waals surface area contributed by atoms with E-state index in [-0.39, 0.29) is 6.54 Å². The van der Waals surface area contributed by atoms with Crippen LogP contribution in [0, 0.1) is 0 Å². The van der Waals surface area contributed by atoms with Crippen molar-refractivity contribution in [2.24, 2.45) is 5.73 Å². The Morgan fingerprint density at radius 1 is 1.92 bits per heavy atom. The van der Waals surface area contributed by atoms with Crippen LogP contribution < -0.4 is 5.73 Å². The first-order chi connectivity index (χ1) is 5.61. The Morgan fingerprint density at radius 3 is 3.08 bits per heavy atom. The van der Waals surface area contributed by atoms with Gasteiger partial charge in [-0.3, -0.25) is 9.48 Å². The first-order valence-corrected chi connectivity index (χ1v) is 3.61. The summed E-state index contributed by atoms with van der Waals surface area (Å²) < 4.78 is 1.38. The maximum absolute atomic E-state index is 10.7. The van der Waals surface area contributed by atoms with Crippen molar-refractivity contribution in [1.29, 1.82) is 0 Å². The number of amides is 1. The number of aromatic nitrogens is 2. The molecule has 0 radical (unpaired) electrons. The van der Waals surface area contributed by atoms with Gasteiger partial charge in [-0.15, -0.1) is 0 Å². The standard InChI is InChI=1S/C7H11N3O2/c1-5(11)4-10-6(7(8)12)2-3-9-10/h2-3,5,11H,4H2,1H3,(H2,8,12). The third kappa shape index (κ3) is 1.82. The van der Waals surface area contributed by atoms with Crippen LogP contribution in [0.1, 0.15) is 17.4 Å². The van der Waals surface area contributed by atoms with Crippen LogP contribution in [0.15, 0.2) is 12.3 Å². The zero-order chi connectivity index (χ0) is 9.14. The van der Waals surface area contributed by atoms with E-state index in [4.69, 9.17) is 10.8 Å². The lowest BCUT2D eigenvalue weighted by molar-refractivity contribution is 0.0984. The predicted octanol–water partition coefficient (Wildman–Crippen LogP) is -0.637. The largest absolute Gasteiger partial charge is 0.391 e. The highest BCUT2D eigenvalue weighted by Gasteiger charge is 2.08. The molecule has 66 valence electrons. The minimum absolute atomic E-state index is 0.283. The molecule has 1 atom stereocenters. The summed E-state index contributed by atoms with van der Waals surface area (Å²) in [5, 5.41) is 12.9. The van der Waals surface area contributed by atoms with Gasteiger partial charge in [-0.25, -0.2) is 0 Å². The number of carbonyl (C=O) groups is 1. The molecule has 0 fully saturated rings. The molecule has 1 aromatic rings. The van der Waals surface area contributed by atoms with Crippen LogP contribution in [0.3, 0.4) is 0 Å². The molecule has 1 aromatic heterocycles. The smallest absolute Gasteiger partial charge is 0.266 e. The molecule has 1 amide bonds. The third-order valence-corrected chi connectivity index (χ3v) is 1.41. The molecule has 5 nitrogen and oxygen atoms in total. The first kappa shape index (κ1) is 8.73. The fourth-order valence-electron chi connectivity index (χ4n) is 0.938. The van der Waals surface area contributed by atoms with Crippen molar-refractivity contribution in [3.63, 3.8) is 0 Å². The van der Waals surface area contributed by atoms with Crippen molar-refractivity contribution in [1.82, 2.24) is 9.78 Å². The normalized spacial score (nSPS) is 12.8. The number of rotatable bonds is 3. The van der Waals surface area contributed by atoms with Crippen LogP contribution in [0.2, 0.25) is 0 Å². The number of primary amides is 1. The molecular formula is C7H11N3O2. The van der Waals surface area contributed by atoms with E-state index >= 15 is 0 Å². The van der Waals surface area contributed by atoms with Crippen LogP contribution in [-0.2, 0) is 6.54 Å². The van der Waals surface area contributed by atoms with Gasteiger partial charge in [0.25, 0.3) is 5.91 Å². The molecule has 1 unspecified atom stereocenters. The maximum Gasteiger partial charge on any atom is 0.266 e. The topological polar surface area (TPSA) is 81.1 Å². The molecule has 0 saturated carbocycles. The van der Waals surface area contributed by atoms with Gasteiger partial charge in [-0.1, -0.05) is 0 Å². The lowest BCUT2D eigenvalue weighted by Gasteiger charge is -2.06. The predicted molar refractivity (Wildman–Crippen MR) is 42.4 cm³/mol. The Labute approximate surface area is 69.8 Å². The van der Waals surface area contributed by atoms with Crippen LogP contribution >= 0.6 is 0 Å². The summed E-state index contributed by atoms with van der Waals surface area (Å²) in [6.07, 6.45) is 0.936. The lowest BCUT2D eigenvalue weighted by Crippen LogP contribution is -2.21. The van der Waals surface area contributed by atoms with Crippen molar-refractivity contribution >= 4 is 5.91 Å².